The van der Waals surface area contributed by atoms with Crippen LogP contribution in [0.2, 0.25) is 0 Å². The number of nitrogens with one attached hydrogen (secondary N) is 1. The molecule has 0 radical (unpaired) electrons. The highest BCUT2D eigenvalue weighted by atomic mass is 16.5. The van der Waals surface area contributed by atoms with Crippen LogP contribution >= 0.6 is 0 Å². The molecular formula is C15H24N2O. The van der Waals surface area contributed by atoms with Crippen molar-refractivity contribution in [1.29, 1.82) is 0 Å². The molecule has 1 aliphatic heterocycles. The summed E-state index contributed by atoms with van der Waals surface area (Å²) in [5, 5.41) is 3.66. The highest BCUT2D eigenvalue weighted by molar-refractivity contribution is 5.28. The molecule has 1 atom stereocenters. The van der Waals surface area contributed by atoms with Crippen molar-refractivity contribution in [2.75, 3.05) is 26.7 Å². The van der Waals surface area contributed by atoms with Gasteiger partial charge in [-0.25, -0.2) is 0 Å². The van der Waals surface area contributed by atoms with Crippen LogP contribution < -0.4 is 10.1 Å². The molecular weight excluding hydrogens is 224 g/mol. The van der Waals surface area contributed by atoms with Gasteiger partial charge in [0.2, 0.25) is 0 Å². The number of likely N-dealkylation sites (N-methyl/N-ethyl adjacent to an activating group) is 1. The van der Waals surface area contributed by atoms with Gasteiger partial charge in [-0.3, -0.25) is 0 Å². The summed E-state index contributed by atoms with van der Waals surface area (Å²) in [6.45, 7) is 6.77. The Morgan fingerprint density at radius 1 is 1.44 bits per heavy atom. The molecule has 1 aromatic rings. The van der Waals surface area contributed by atoms with E-state index in [0.717, 1.165) is 18.8 Å². The van der Waals surface area contributed by atoms with E-state index in [1.54, 1.807) is 7.11 Å². The van der Waals surface area contributed by atoms with Crippen LogP contribution in [-0.2, 0) is 6.54 Å². The van der Waals surface area contributed by atoms with Crippen molar-refractivity contribution in [3.05, 3.63) is 29.8 Å². The van der Waals surface area contributed by atoms with Gasteiger partial charge in [0.1, 0.15) is 5.75 Å². The first-order valence-electron chi connectivity index (χ1n) is 6.90. The van der Waals surface area contributed by atoms with E-state index in [1.807, 2.05) is 6.07 Å². The molecule has 100 valence electrons. The van der Waals surface area contributed by atoms with E-state index in [2.05, 4.69) is 35.3 Å². The lowest BCUT2D eigenvalue weighted by molar-refractivity contribution is 0.198. The number of hydrogen-bond donors (Lipinski definition) is 1. The van der Waals surface area contributed by atoms with Crippen LogP contribution in [0, 0.1) is 0 Å². The first kappa shape index (κ1) is 13.4. The van der Waals surface area contributed by atoms with Crippen molar-refractivity contribution < 1.29 is 4.74 Å². The molecule has 0 amide bonds. The molecule has 3 nitrogen and oxygen atoms in total. The molecule has 1 heterocycles. The summed E-state index contributed by atoms with van der Waals surface area (Å²) < 4.78 is 5.25. The molecule has 1 aromatic carbocycles. The minimum atomic E-state index is 0.630. The largest absolute Gasteiger partial charge is 0.497 e. The third-order valence-electron chi connectivity index (χ3n) is 3.68. The second-order valence-corrected chi connectivity index (χ2v) is 4.96. The second-order valence-electron chi connectivity index (χ2n) is 4.96. The predicted octanol–water partition coefficient (Wildman–Crippen LogP) is 2.27. The number of ether oxygens (including phenoxy) is 1. The van der Waals surface area contributed by atoms with Crippen molar-refractivity contribution >= 4 is 0 Å². The second kappa shape index (κ2) is 6.76. The van der Waals surface area contributed by atoms with Crippen molar-refractivity contribution in [1.82, 2.24) is 10.2 Å². The normalized spacial score (nSPS) is 20.9. The molecule has 0 aromatic heterocycles. The lowest BCUT2D eigenvalue weighted by Gasteiger charge is -2.32. The minimum Gasteiger partial charge on any atom is -0.497 e. The number of benzene rings is 1. The number of rotatable bonds is 5. The van der Waals surface area contributed by atoms with Gasteiger partial charge >= 0.3 is 0 Å². The van der Waals surface area contributed by atoms with Crippen LogP contribution in [0.25, 0.3) is 0 Å². The molecule has 1 fully saturated rings. The number of nitrogens with zero attached hydrogens (tertiary/aromatic N) is 1. The maximum Gasteiger partial charge on any atom is 0.119 e. The first-order chi connectivity index (χ1) is 8.81. The van der Waals surface area contributed by atoms with Crippen LogP contribution in [0.15, 0.2) is 24.3 Å². The maximum atomic E-state index is 5.25. The Bertz CT molecular complexity index is 367. The summed E-state index contributed by atoms with van der Waals surface area (Å²) >= 11 is 0. The average Bonchev–Trinajstić information content (AvgIpc) is 2.45. The fraction of sp³-hybridized carbons (Fsp3) is 0.600. The van der Waals surface area contributed by atoms with Crippen LogP contribution in [0.3, 0.4) is 0 Å². The first-order valence-corrected chi connectivity index (χ1v) is 6.90. The highest BCUT2D eigenvalue weighted by Crippen LogP contribution is 2.14. The third kappa shape index (κ3) is 3.72. The SMILES string of the molecule is CCN1CCCC(NCc2cccc(OC)c2)C1. The van der Waals surface area contributed by atoms with E-state index in [9.17, 15) is 0 Å². The van der Waals surface area contributed by atoms with Gasteiger partial charge in [0, 0.05) is 19.1 Å². The summed E-state index contributed by atoms with van der Waals surface area (Å²) in [6.07, 6.45) is 2.60. The molecule has 0 aliphatic carbocycles. The van der Waals surface area contributed by atoms with Crippen molar-refractivity contribution in [2.24, 2.45) is 0 Å². The molecule has 2 rings (SSSR count). The molecule has 0 spiro atoms. The zero-order valence-corrected chi connectivity index (χ0v) is 11.5. The van der Waals surface area contributed by atoms with Gasteiger partial charge in [-0.05, 0) is 43.6 Å². The predicted molar refractivity (Wildman–Crippen MR) is 75.0 cm³/mol. The Hall–Kier alpha value is -1.06. The molecule has 18 heavy (non-hydrogen) atoms. The van der Waals surface area contributed by atoms with E-state index < -0.39 is 0 Å². The maximum absolute atomic E-state index is 5.25. The zero-order valence-electron chi connectivity index (χ0n) is 11.5. The molecule has 1 unspecified atom stereocenters. The Labute approximate surface area is 110 Å². The number of hydrogen-bond acceptors (Lipinski definition) is 3. The van der Waals surface area contributed by atoms with Crippen LogP contribution in [-0.4, -0.2) is 37.7 Å². The van der Waals surface area contributed by atoms with Gasteiger partial charge in [0.05, 0.1) is 7.11 Å². The number of methoxy groups -OCH3 is 1. The zero-order chi connectivity index (χ0) is 12.8. The number of likely N-dealkylation sites (tertiary alicyclic amines) is 1. The molecule has 0 bridgehead atoms. The van der Waals surface area contributed by atoms with Gasteiger partial charge in [-0.1, -0.05) is 19.1 Å². The van der Waals surface area contributed by atoms with E-state index in [1.165, 1.54) is 31.5 Å². The van der Waals surface area contributed by atoms with Crippen molar-refractivity contribution in [3.8, 4) is 5.75 Å². The summed E-state index contributed by atoms with van der Waals surface area (Å²) in [5.41, 5.74) is 1.29. The summed E-state index contributed by atoms with van der Waals surface area (Å²) in [7, 11) is 1.72. The number of piperidine rings is 1. The Morgan fingerprint density at radius 3 is 3.11 bits per heavy atom. The standard InChI is InChI=1S/C15H24N2O/c1-3-17-9-5-7-14(12-17)16-11-13-6-4-8-15(10-13)18-2/h4,6,8,10,14,16H,3,5,7,9,11-12H2,1-2H3. The molecule has 0 saturated carbocycles. The fourth-order valence-electron chi connectivity index (χ4n) is 2.55. The topological polar surface area (TPSA) is 24.5 Å². The Balaban J connectivity index is 1.83. The molecule has 1 aliphatic rings. The quantitative estimate of drug-likeness (QED) is 0.865. The average molecular weight is 248 g/mol. The van der Waals surface area contributed by atoms with Gasteiger partial charge in [0.15, 0.2) is 0 Å². The molecule has 1 saturated heterocycles. The van der Waals surface area contributed by atoms with Crippen LogP contribution in [0.4, 0.5) is 0 Å². The van der Waals surface area contributed by atoms with E-state index in [4.69, 9.17) is 4.74 Å². The highest BCUT2D eigenvalue weighted by Gasteiger charge is 2.17. The van der Waals surface area contributed by atoms with E-state index in [-0.39, 0.29) is 0 Å². The van der Waals surface area contributed by atoms with Gasteiger partial charge < -0.3 is 15.0 Å². The van der Waals surface area contributed by atoms with E-state index in [0.29, 0.717) is 6.04 Å². The van der Waals surface area contributed by atoms with Gasteiger partial charge in [-0.2, -0.15) is 0 Å². The lowest BCUT2D eigenvalue weighted by atomic mass is 10.1. The fourth-order valence-corrected chi connectivity index (χ4v) is 2.55. The van der Waals surface area contributed by atoms with Gasteiger partial charge in [0.25, 0.3) is 0 Å². The van der Waals surface area contributed by atoms with Crippen LogP contribution in [0.5, 0.6) is 5.75 Å². The van der Waals surface area contributed by atoms with Gasteiger partial charge in [-0.15, -0.1) is 0 Å². The van der Waals surface area contributed by atoms with Crippen molar-refractivity contribution in [3.63, 3.8) is 0 Å². The summed E-state index contributed by atoms with van der Waals surface area (Å²) in [6, 6.07) is 8.92. The van der Waals surface area contributed by atoms with Crippen molar-refractivity contribution in [2.45, 2.75) is 32.4 Å². The third-order valence-corrected chi connectivity index (χ3v) is 3.68. The van der Waals surface area contributed by atoms with Crippen LogP contribution in [0.1, 0.15) is 25.3 Å². The summed E-state index contributed by atoms with van der Waals surface area (Å²) in [5.74, 6) is 0.938. The summed E-state index contributed by atoms with van der Waals surface area (Å²) in [4.78, 5) is 2.52. The lowest BCUT2D eigenvalue weighted by Crippen LogP contribution is -2.45. The Kier molecular flexibility index (Phi) is 5.02. The minimum absolute atomic E-state index is 0.630. The molecule has 3 heteroatoms. The van der Waals surface area contributed by atoms with E-state index >= 15 is 0 Å². The smallest absolute Gasteiger partial charge is 0.119 e. The monoisotopic (exact) mass is 248 g/mol. The molecule has 1 N–H and O–H groups in total. The Morgan fingerprint density at radius 2 is 2.33 bits per heavy atom.